The van der Waals surface area contributed by atoms with Gasteiger partial charge < -0.3 is 19.7 Å². The van der Waals surface area contributed by atoms with E-state index in [0.717, 1.165) is 17.9 Å². The van der Waals surface area contributed by atoms with E-state index in [0.29, 0.717) is 12.1 Å². The Labute approximate surface area is 96.6 Å². The van der Waals surface area contributed by atoms with Crippen LogP contribution in [0.1, 0.15) is 5.56 Å². The van der Waals surface area contributed by atoms with E-state index < -0.39 is 7.12 Å². The average Bonchev–Trinajstić information content (AvgIpc) is 2.16. The quantitative estimate of drug-likeness (QED) is 0.668. The van der Waals surface area contributed by atoms with Gasteiger partial charge in [0.15, 0.2) is 0 Å². The molecule has 0 aliphatic heterocycles. The standard InChI is InChI=1S/C11H18BNO3/c1-9-8-10(16-7-6-13(2)3)4-5-11(9)12(14)15/h4-5,8,14-15H,6-7H2,1-3H3. The Morgan fingerprint density at radius 2 is 2.00 bits per heavy atom. The van der Waals surface area contributed by atoms with Gasteiger partial charge in [-0.2, -0.15) is 0 Å². The van der Waals surface area contributed by atoms with Gasteiger partial charge in [-0.25, -0.2) is 0 Å². The molecule has 0 saturated heterocycles. The van der Waals surface area contributed by atoms with Crippen molar-refractivity contribution >= 4 is 12.6 Å². The molecule has 88 valence electrons. The molecule has 0 heterocycles. The van der Waals surface area contributed by atoms with E-state index in [1.54, 1.807) is 12.1 Å². The Balaban J connectivity index is 2.59. The number of rotatable bonds is 5. The van der Waals surface area contributed by atoms with E-state index >= 15 is 0 Å². The number of hydrogen-bond acceptors (Lipinski definition) is 4. The Morgan fingerprint density at radius 1 is 1.31 bits per heavy atom. The van der Waals surface area contributed by atoms with E-state index in [1.165, 1.54) is 0 Å². The fourth-order valence-electron chi connectivity index (χ4n) is 1.37. The number of ether oxygens (including phenoxy) is 1. The largest absolute Gasteiger partial charge is 0.492 e. The number of likely N-dealkylation sites (N-methyl/N-ethyl adjacent to an activating group) is 1. The van der Waals surface area contributed by atoms with Crippen LogP contribution < -0.4 is 10.2 Å². The van der Waals surface area contributed by atoms with Crippen LogP contribution in [0.3, 0.4) is 0 Å². The summed E-state index contributed by atoms with van der Waals surface area (Å²) in [6.45, 7) is 3.30. The minimum atomic E-state index is -1.42. The van der Waals surface area contributed by atoms with Crippen LogP contribution in [-0.4, -0.2) is 49.3 Å². The highest BCUT2D eigenvalue weighted by Gasteiger charge is 2.13. The highest BCUT2D eigenvalue weighted by atomic mass is 16.5. The molecule has 0 radical (unpaired) electrons. The summed E-state index contributed by atoms with van der Waals surface area (Å²) in [6, 6.07) is 5.23. The van der Waals surface area contributed by atoms with Gasteiger partial charge in [0.1, 0.15) is 12.4 Å². The number of benzene rings is 1. The van der Waals surface area contributed by atoms with Gasteiger partial charge in [0.05, 0.1) is 0 Å². The van der Waals surface area contributed by atoms with Gasteiger partial charge in [-0.1, -0.05) is 6.07 Å². The van der Waals surface area contributed by atoms with Gasteiger partial charge in [-0.05, 0) is 44.2 Å². The zero-order valence-electron chi connectivity index (χ0n) is 9.97. The minimum absolute atomic E-state index is 0.514. The van der Waals surface area contributed by atoms with Gasteiger partial charge in [0.25, 0.3) is 0 Å². The molecule has 16 heavy (non-hydrogen) atoms. The Hall–Kier alpha value is -1.04. The highest BCUT2D eigenvalue weighted by molar-refractivity contribution is 6.59. The van der Waals surface area contributed by atoms with E-state index in [4.69, 9.17) is 14.8 Å². The molecule has 0 saturated carbocycles. The van der Waals surface area contributed by atoms with E-state index in [9.17, 15) is 0 Å². The second kappa shape index (κ2) is 5.89. The monoisotopic (exact) mass is 223 g/mol. The molecule has 1 aromatic carbocycles. The van der Waals surface area contributed by atoms with Crippen molar-refractivity contribution in [2.45, 2.75) is 6.92 Å². The maximum Gasteiger partial charge on any atom is 0.488 e. The predicted octanol–water partition coefficient (Wildman–Crippen LogP) is -0.385. The second-order valence-corrected chi connectivity index (χ2v) is 4.04. The third-order valence-electron chi connectivity index (χ3n) is 2.33. The van der Waals surface area contributed by atoms with Crippen molar-refractivity contribution in [2.24, 2.45) is 0 Å². The van der Waals surface area contributed by atoms with Gasteiger partial charge in [-0.3, -0.25) is 0 Å². The maximum atomic E-state index is 9.05. The van der Waals surface area contributed by atoms with Crippen LogP contribution in [0.5, 0.6) is 5.75 Å². The first kappa shape index (κ1) is 13.0. The third-order valence-corrected chi connectivity index (χ3v) is 2.33. The van der Waals surface area contributed by atoms with E-state index in [1.807, 2.05) is 32.0 Å². The fourth-order valence-corrected chi connectivity index (χ4v) is 1.37. The van der Waals surface area contributed by atoms with Crippen LogP contribution in [0.4, 0.5) is 0 Å². The predicted molar refractivity (Wildman–Crippen MR) is 65.1 cm³/mol. The van der Waals surface area contributed by atoms with Crippen molar-refractivity contribution in [3.05, 3.63) is 23.8 Å². The number of hydrogen-bond donors (Lipinski definition) is 2. The molecule has 0 atom stereocenters. The molecule has 0 aliphatic rings. The summed E-state index contributed by atoms with van der Waals surface area (Å²) in [5.41, 5.74) is 1.33. The molecule has 0 bridgehead atoms. The van der Waals surface area contributed by atoms with Crippen molar-refractivity contribution in [1.29, 1.82) is 0 Å². The van der Waals surface area contributed by atoms with Crippen LogP contribution in [0, 0.1) is 6.92 Å². The first-order valence-corrected chi connectivity index (χ1v) is 5.25. The van der Waals surface area contributed by atoms with Crippen molar-refractivity contribution in [3.63, 3.8) is 0 Å². The topological polar surface area (TPSA) is 52.9 Å². The summed E-state index contributed by atoms with van der Waals surface area (Å²) >= 11 is 0. The number of nitrogens with zero attached hydrogens (tertiary/aromatic N) is 1. The Morgan fingerprint density at radius 3 is 2.50 bits per heavy atom. The van der Waals surface area contributed by atoms with Crippen molar-refractivity contribution < 1.29 is 14.8 Å². The molecule has 4 nitrogen and oxygen atoms in total. The van der Waals surface area contributed by atoms with Crippen LogP contribution in [0.2, 0.25) is 0 Å². The first-order valence-electron chi connectivity index (χ1n) is 5.25. The van der Waals surface area contributed by atoms with Gasteiger partial charge in [0.2, 0.25) is 0 Å². The zero-order chi connectivity index (χ0) is 12.1. The van der Waals surface area contributed by atoms with Crippen LogP contribution >= 0.6 is 0 Å². The van der Waals surface area contributed by atoms with Crippen molar-refractivity contribution in [3.8, 4) is 5.75 Å². The fraction of sp³-hybridized carbons (Fsp3) is 0.455. The van der Waals surface area contributed by atoms with Crippen molar-refractivity contribution in [2.75, 3.05) is 27.2 Å². The van der Waals surface area contributed by atoms with Crippen LogP contribution in [-0.2, 0) is 0 Å². The maximum absolute atomic E-state index is 9.05. The Bertz CT molecular complexity index is 342. The number of aryl methyl sites for hydroxylation is 1. The molecular weight excluding hydrogens is 205 g/mol. The lowest BCUT2D eigenvalue weighted by Crippen LogP contribution is -2.31. The van der Waals surface area contributed by atoms with Gasteiger partial charge in [0, 0.05) is 6.54 Å². The second-order valence-electron chi connectivity index (χ2n) is 4.04. The molecule has 0 spiro atoms. The summed E-state index contributed by atoms with van der Waals surface area (Å²) < 4.78 is 5.53. The lowest BCUT2D eigenvalue weighted by Gasteiger charge is -2.12. The van der Waals surface area contributed by atoms with E-state index in [2.05, 4.69) is 0 Å². The first-order chi connectivity index (χ1) is 7.50. The summed E-state index contributed by atoms with van der Waals surface area (Å²) in [4.78, 5) is 2.04. The molecule has 5 heteroatoms. The van der Waals surface area contributed by atoms with Crippen molar-refractivity contribution in [1.82, 2.24) is 4.90 Å². The molecule has 0 aliphatic carbocycles. The Kier molecular flexibility index (Phi) is 4.80. The van der Waals surface area contributed by atoms with E-state index in [-0.39, 0.29) is 0 Å². The van der Waals surface area contributed by atoms with Gasteiger partial charge >= 0.3 is 7.12 Å². The zero-order valence-corrected chi connectivity index (χ0v) is 9.97. The normalized spacial score (nSPS) is 10.6. The van der Waals surface area contributed by atoms with Gasteiger partial charge in [-0.15, -0.1) is 0 Å². The summed E-state index contributed by atoms with van der Waals surface area (Å²) in [6.07, 6.45) is 0. The molecule has 1 rings (SSSR count). The molecule has 1 aromatic rings. The minimum Gasteiger partial charge on any atom is -0.492 e. The molecule has 0 aromatic heterocycles. The molecule has 2 N–H and O–H groups in total. The van der Waals surface area contributed by atoms with Crippen LogP contribution in [0.25, 0.3) is 0 Å². The SMILES string of the molecule is Cc1cc(OCCN(C)C)ccc1B(O)O. The molecule has 0 unspecified atom stereocenters. The smallest absolute Gasteiger partial charge is 0.488 e. The lowest BCUT2D eigenvalue weighted by atomic mass is 9.77. The molecular formula is C11H18BNO3. The third kappa shape index (κ3) is 3.85. The lowest BCUT2D eigenvalue weighted by molar-refractivity contribution is 0.261. The molecule has 0 amide bonds. The summed E-state index contributed by atoms with van der Waals surface area (Å²) in [5, 5.41) is 18.1. The summed E-state index contributed by atoms with van der Waals surface area (Å²) in [5.74, 6) is 0.753. The van der Waals surface area contributed by atoms with Crippen LogP contribution in [0.15, 0.2) is 18.2 Å². The average molecular weight is 223 g/mol. The molecule has 0 fully saturated rings. The summed E-state index contributed by atoms with van der Waals surface area (Å²) in [7, 11) is 2.55. The highest BCUT2D eigenvalue weighted by Crippen LogP contribution is 2.11.